The van der Waals surface area contributed by atoms with Gasteiger partial charge in [0, 0.05) is 0 Å². The topological polar surface area (TPSA) is 199 Å². The first-order valence-corrected chi connectivity index (χ1v) is 4.74. The molecule has 108 valence electrons. The van der Waals surface area contributed by atoms with Crippen LogP contribution in [0.5, 0.6) is 0 Å². The summed E-state index contributed by atoms with van der Waals surface area (Å²) in [5, 5.41) is 38.1. The largest absolute Gasteiger partial charge is 0.481 e. The Hall–Kier alpha value is -2.23. The Morgan fingerprint density at radius 3 is 1.37 bits per heavy atom. The lowest BCUT2D eigenvalue weighted by Gasteiger charge is -2.07. The number of hydrogen-bond donors (Lipinski definition) is 6. The van der Waals surface area contributed by atoms with Crippen LogP contribution >= 0.6 is 12.4 Å². The maximum Gasteiger partial charge on any atom is 0.316 e. The lowest BCUT2D eigenvalue weighted by Crippen LogP contribution is -2.32. The molecule has 0 aromatic rings. The second-order valence-corrected chi connectivity index (χ2v) is 3.34. The molecule has 0 amide bonds. The molecule has 0 aliphatic carbocycles. The van der Waals surface area contributed by atoms with Crippen LogP contribution < -0.4 is 11.5 Å². The first kappa shape index (κ1) is 19.1. The molecule has 0 aliphatic rings. The molecule has 0 rings (SSSR count). The third-order valence-corrected chi connectivity index (χ3v) is 1.98. The van der Waals surface area contributed by atoms with E-state index in [1.54, 1.807) is 0 Å². The predicted molar refractivity (Wildman–Crippen MR) is 67.9 cm³/mol. The number of nitrogens with zero attached hydrogens (tertiary/aromatic N) is 2. The highest BCUT2D eigenvalue weighted by atomic mass is 35.5. The number of hydrogen-bond acceptors (Lipinski definition) is 6. The number of aliphatic carboxylic acids is 2. The quantitative estimate of drug-likeness (QED) is 0.191. The molecule has 2 unspecified atom stereocenters. The molecule has 2 atom stereocenters. The first-order valence-electron chi connectivity index (χ1n) is 4.74. The summed E-state index contributed by atoms with van der Waals surface area (Å²) in [5.41, 5.74) is 10.1. The van der Waals surface area contributed by atoms with Crippen LogP contribution in [0, 0.1) is 22.7 Å². The highest BCUT2D eigenvalue weighted by Crippen LogP contribution is 2.00. The van der Waals surface area contributed by atoms with Gasteiger partial charge in [-0.15, -0.1) is 12.4 Å². The van der Waals surface area contributed by atoms with E-state index in [1.807, 2.05) is 0 Å². The highest BCUT2D eigenvalue weighted by molar-refractivity contribution is 5.98. The minimum absolute atomic E-state index is 0. The van der Waals surface area contributed by atoms with Crippen molar-refractivity contribution in [3.8, 4) is 0 Å². The molecule has 0 radical (unpaired) electrons. The number of amidine groups is 2. The van der Waals surface area contributed by atoms with Gasteiger partial charge >= 0.3 is 11.9 Å². The van der Waals surface area contributed by atoms with Crippen LogP contribution in [0.1, 0.15) is 0 Å². The van der Waals surface area contributed by atoms with E-state index >= 15 is 0 Å². The Morgan fingerprint density at radius 1 is 0.947 bits per heavy atom. The van der Waals surface area contributed by atoms with E-state index in [0.717, 1.165) is 0 Å². The molecular formula is C8H15ClN6O4. The van der Waals surface area contributed by atoms with Crippen molar-refractivity contribution in [1.29, 1.82) is 10.8 Å². The molecule has 0 spiro atoms. The van der Waals surface area contributed by atoms with Gasteiger partial charge in [0.25, 0.3) is 0 Å². The van der Waals surface area contributed by atoms with Crippen LogP contribution in [0.15, 0.2) is 10.2 Å². The van der Waals surface area contributed by atoms with Crippen molar-refractivity contribution in [2.75, 3.05) is 13.1 Å². The van der Waals surface area contributed by atoms with Gasteiger partial charge in [-0.2, -0.15) is 10.2 Å². The summed E-state index contributed by atoms with van der Waals surface area (Å²) >= 11 is 0. The summed E-state index contributed by atoms with van der Waals surface area (Å²) in [6, 6.07) is 0. The van der Waals surface area contributed by atoms with Crippen molar-refractivity contribution < 1.29 is 19.8 Å². The second-order valence-electron chi connectivity index (χ2n) is 3.34. The number of halogens is 1. The van der Waals surface area contributed by atoms with Gasteiger partial charge in [0.2, 0.25) is 0 Å². The Morgan fingerprint density at radius 2 is 1.21 bits per heavy atom. The van der Waals surface area contributed by atoms with E-state index in [2.05, 4.69) is 10.2 Å². The van der Waals surface area contributed by atoms with E-state index in [-0.39, 0.29) is 25.5 Å². The number of nitrogens with two attached hydrogens (primary N) is 2. The summed E-state index contributed by atoms with van der Waals surface area (Å²) < 4.78 is 0. The van der Waals surface area contributed by atoms with Crippen molar-refractivity contribution in [1.82, 2.24) is 0 Å². The third kappa shape index (κ3) is 6.93. The van der Waals surface area contributed by atoms with E-state index in [4.69, 9.17) is 32.5 Å². The van der Waals surface area contributed by atoms with Crippen molar-refractivity contribution >= 4 is 36.0 Å². The molecule has 0 aromatic carbocycles. The maximum atomic E-state index is 10.6. The summed E-state index contributed by atoms with van der Waals surface area (Å²) in [5.74, 6) is -6.36. The van der Waals surface area contributed by atoms with Crippen LogP contribution in [-0.2, 0) is 9.59 Å². The Bertz CT molecular complexity index is 335. The molecule has 19 heavy (non-hydrogen) atoms. The molecule has 0 saturated heterocycles. The number of carboxylic acids is 2. The molecule has 0 fully saturated rings. The van der Waals surface area contributed by atoms with Gasteiger partial charge in [0.1, 0.15) is 23.5 Å². The fraction of sp³-hybridized carbons (Fsp3) is 0.500. The second kappa shape index (κ2) is 8.80. The third-order valence-electron chi connectivity index (χ3n) is 1.98. The Balaban J connectivity index is 0. The zero-order chi connectivity index (χ0) is 14.3. The van der Waals surface area contributed by atoms with Gasteiger partial charge in [-0.3, -0.25) is 20.4 Å². The van der Waals surface area contributed by atoms with Gasteiger partial charge < -0.3 is 21.7 Å². The van der Waals surface area contributed by atoms with Crippen LogP contribution in [0.4, 0.5) is 0 Å². The van der Waals surface area contributed by atoms with Crippen LogP contribution in [0.25, 0.3) is 0 Å². The van der Waals surface area contributed by atoms with Crippen LogP contribution in [0.3, 0.4) is 0 Å². The number of rotatable bonds is 8. The molecule has 0 aliphatic heterocycles. The summed E-state index contributed by atoms with van der Waals surface area (Å²) in [7, 11) is 0. The number of carbonyl (C=O) groups is 2. The zero-order valence-electron chi connectivity index (χ0n) is 9.74. The fourth-order valence-corrected chi connectivity index (χ4v) is 0.898. The van der Waals surface area contributed by atoms with E-state index in [0.29, 0.717) is 0 Å². The predicted octanol–water partition coefficient (Wildman–Crippen LogP) is -0.866. The molecule has 10 nitrogen and oxygen atoms in total. The first-order chi connectivity index (χ1) is 8.27. The van der Waals surface area contributed by atoms with Crippen LogP contribution in [0.2, 0.25) is 0 Å². The average Bonchev–Trinajstić information content (AvgIpc) is 2.20. The Kier molecular flexibility index (Phi) is 8.86. The zero-order valence-corrected chi connectivity index (χ0v) is 10.6. The monoisotopic (exact) mass is 294 g/mol. The molecule has 0 bridgehead atoms. The Labute approximate surface area is 114 Å². The van der Waals surface area contributed by atoms with Crippen molar-refractivity contribution in [3.05, 3.63) is 0 Å². The van der Waals surface area contributed by atoms with Gasteiger partial charge in [-0.25, -0.2) is 0 Å². The highest BCUT2D eigenvalue weighted by Gasteiger charge is 2.22. The van der Waals surface area contributed by atoms with Crippen molar-refractivity contribution in [2.24, 2.45) is 33.5 Å². The molecular weight excluding hydrogens is 280 g/mol. The number of carboxylic acid groups (broad SMARTS) is 2. The minimum Gasteiger partial charge on any atom is -0.481 e. The van der Waals surface area contributed by atoms with Gasteiger partial charge in [0.15, 0.2) is 0 Å². The van der Waals surface area contributed by atoms with Crippen molar-refractivity contribution in [3.63, 3.8) is 0 Å². The van der Waals surface area contributed by atoms with Crippen LogP contribution in [-0.4, -0.2) is 46.9 Å². The van der Waals surface area contributed by atoms with Gasteiger partial charge in [-0.05, 0) is 0 Å². The van der Waals surface area contributed by atoms with E-state index in [9.17, 15) is 9.59 Å². The lowest BCUT2D eigenvalue weighted by molar-refractivity contribution is -0.140. The molecule has 11 heteroatoms. The van der Waals surface area contributed by atoms with E-state index < -0.39 is 35.4 Å². The summed E-state index contributed by atoms with van der Waals surface area (Å²) in [6.45, 7) is -0.732. The standard InChI is InChI=1S/C8H14N6O4.ClH/c9-5(10)3(7(15)16)1-13-14-2-4(6(11)12)8(17)18;/h3-4H,1-2H2,(H3,9,10)(H3,11,12)(H,15,16)(H,17,18);1H. The van der Waals surface area contributed by atoms with E-state index in [1.165, 1.54) is 0 Å². The number of nitrogens with one attached hydrogen (secondary N) is 2. The normalized spacial score (nSPS) is 13.3. The SMILES string of the molecule is Cl.N=C(N)C(CN=NCC(C(=N)N)C(=O)O)C(=O)O. The smallest absolute Gasteiger partial charge is 0.316 e. The summed E-state index contributed by atoms with van der Waals surface area (Å²) in [4.78, 5) is 21.2. The maximum absolute atomic E-state index is 10.6. The number of azo groups is 1. The molecule has 8 N–H and O–H groups in total. The van der Waals surface area contributed by atoms with Gasteiger partial charge in [0.05, 0.1) is 13.1 Å². The molecule has 0 saturated carbocycles. The molecule has 0 aromatic heterocycles. The van der Waals surface area contributed by atoms with Gasteiger partial charge in [-0.1, -0.05) is 0 Å². The summed E-state index contributed by atoms with van der Waals surface area (Å²) in [6.07, 6.45) is 0. The van der Waals surface area contributed by atoms with Crippen molar-refractivity contribution in [2.45, 2.75) is 0 Å². The lowest BCUT2D eigenvalue weighted by atomic mass is 10.1. The fourth-order valence-electron chi connectivity index (χ4n) is 0.898. The average molecular weight is 295 g/mol. The minimum atomic E-state index is -1.32. The molecule has 0 heterocycles.